The van der Waals surface area contributed by atoms with Crippen LogP contribution in [-0.4, -0.2) is 52.7 Å². The van der Waals surface area contributed by atoms with E-state index in [-0.39, 0.29) is 16.0 Å². The van der Waals surface area contributed by atoms with Crippen LogP contribution in [0.25, 0.3) is 0 Å². The summed E-state index contributed by atoms with van der Waals surface area (Å²) >= 11 is 9.30. The molecule has 8 heteroatoms. The molecule has 1 aromatic carbocycles. The number of likely N-dealkylation sites (tertiary alicyclic amines) is 1. The normalized spacial score (nSPS) is 19.7. The molecule has 1 unspecified atom stereocenters. The van der Waals surface area contributed by atoms with Crippen molar-refractivity contribution in [3.05, 3.63) is 27.7 Å². The summed E-state index contributed by atoms with van der Waals surface area (Å²) in [5.41, 5.74) is 0. The van der Waals surface area contributed by atoms with Crippen LogP contribution in [-0.2, 0) is 14.8 Å². The lowest BCUT2D eigenvalue weighted by atomic mass is 10.2. The van der Waals surface area contributed by atoms with E-state index < -0.39 is 10.0 Å². The number of sulfonamides is 1. The molecule has 0 bridgehead atoms. The minimum Gasteiger partial charge on any atom is -0.383 e. The monoisotopic (exact) mass is 410 g/mol. The highest BCUT2D eigenvalue weighted by molar-refractivity contribution is 9.10. The van der Waals surface area contributed by atoms with Crippen LogP contribution < -0.4 is 4.72 Å². The van der Waals surface area contributed by atoms with E-state index in [0.29, 0.717) is 13.2 Å². The Morgan fingerprint density at radius 3 is 2.95 bits per heavy atom. The van der Waals surface area contributed by atoms with Gasteiger partial charge in [-0.15, -0.1) is 0 Å². The molecule has 0 aromatic heterocycles. The first-order chi connectivity index (χ1) is 10.4. The van der Waals surface area contributed by atoms with E-state index in [1.807, 2.05) is 0 Å². The molecule has 1 atom stereocenters. The number of benzene rings is 1. The molecule has 0 spiro atoms. The van der Waals surface area contributed by atoms with E-state index in [1.165, 1.54) is 6.07 Å². The maximum Gasteiger partial charge on any atom is 0.242 e. The van der Waals surface area contributed by atoms with Crippen molar-refractivity contribution in [2.24, 2.45) is 0 Å². The van der Waals surface area contributed by atoms with Gasteiger partial charge >= 0.3 is 0 Å². The van der Waals surface area contributed by atoms with E-state index in [0.717, 1.165) is 30.4 Å². The maximum absolute atomic E-state index is 12.4. The number of nitrogens with one attached hydrogen (secondary N) is 1. The number of methoxy groups -OCH3 is 1. The molecule has 2 rings (SSSR count). The highest BCUT2D eigenvalue weighted by Crippen LogP contribution is 2.25. The number of halogens is 2. The molecule has 1 heterocycles. The molecule has 1 aromatic rings. The van der Waals surface area contributed by atoms with Gasteiger partial charge in [0.2, 0.25) is 10.0 Å². The molecule has 1 aliphatic rings. The van der Waals surface area contributed by atoms with E-state index >= 15 is 0 Å². The van der Waals surface area contributed by atoms with Crippen LogP contribution >= 0.6 is 27.5 Å². The fraction of sp³-hybridized carbons (Fsp3) is 0.571. The van der Waals surface area contributed by atoms with Crippen molar-refractivity contribution >= 4 is 37.6 Å². The first-order valence-electron chi connectivity index (χ1n) is 7.12. The minimum absolute atomic E-state index is 0.110. The summed E-state index contributed by atoms with van der Waals surface area (Å²) in [6, 6.07) is 4.96. The molecule has 0 aliphatic carbocycles. The molecule has 1 N–H and O–H groups in total. The number of ether oxygens (including phenoxy) is 1. The van der Waals surface area contributed by atoms with Gasteiger partial charge < -0.3 is 4.74 Å². The summed E-state index contributed by atoms with van der Waals surface area (Å²) in [6.07, 6.45) is 2.06. The lowest BCUT2D eigenvalue weighted by Gasteiger charge is -2.24. The van der Waals surface area contributed by atoms with Crippen molar-refractivity contribution in [2.75, 3.05) is 33.4 Å². The van der Waals surface area contributed by atoms with Gasteiger partial charge in [0.15, 0.2) is 0 Å². The number of hydrogen-bond acceptors (Lipinski definition) is 4. The van der Waals surface area contributed by atoms with Crippen molar-refractivity contribution < 1.29 is 13.2 Å². The predicted molar refractivity (Wildman–Crippen MR) is 90.8 cm³/mol. The summed E-state index contributed by atoms with van der Waals surface area (Å²) in [7, 11) is -1.93. The standard InChI is InChI=1S/C14H20BrClN2O3S/c1-21-8-7-18-6-2-3-12(18)10-17-22(19,20)14-5-4-11(15)9-13(14)16/h4-5,9,12,17H,2-3,6-8,10H2,1H3. The third-order valence-electron chi connectivity index (χ3n) is 3.77. The average Bonchev–Trinajstić information content (AvgIpc) is 2.90. The van der Waals surface area contributed by atoms with Gasteiger partial charge in [0, 0.05) is 30.7 Å². The smallest absolute Gasteiger partial charge is 0.242 e. The topological polar surface area (TPSA) is 58.6 Å². The van der Waals surface area contributed by atoms with Crippen LogP contribution in [0.1, 0.15) is 12.8 Å². The fourth-order valence-electron chi connectivity index (χ4n) is 2.61. The van der Waals surface area contributed by atoms with Gasteiger partial charge in [-0.2, -0.15) is 0 Å². The van der Waals surface area contributed by atoms with Gasteiger partial charge in [-0.3, -0.25) is 4.90 Å². The van der Waals surface area contributed by atoms with E-state index in [2.05, 4.69) is 25.6 Å². The molecule has 1 aliphatic heterocycles. The minimum atomic E-state index is -3.60. The molecule has 0 saturated carbocycles. The molecule has 0 amide bonds. The SMILES string of the molecule is COCCN1CCCC1CNS(=O)(=O)c1ccc(Br)cc1Cl. The lowest BCUT2D eigenvalue weighted by Crippen LogP contribution is -2.41. The molecule has 1 fully saturated rings. The highest BCUT2D eigenvalue weighted by atomic mass is 79.9. The Balaban J connectivity index is 2.00. The average molecular weight is 412 g/mol. The fourth-order valence-corrected chi connectivity index (χ4v) is 4.71. The molecule has 1 saturated heterocycles. The summed E-state index contributed by atoms with van der Waals surface area (Å²) in [4.78, 5) is 2.37. The molecule has 5 nitrogen and oxygen atoms in total. The molecule has 22 heavy (non-hydrogen) atoms. The zero-order chi connectivity index (χ0) is 16.2. The van der Waals surface area contributed by atoms with Crippen LogP contribution in [0.2, 0.25) is 5.02 Å². The van der Waals surface area contributed by atoms with E-state index in [1.54, 1.807) is 19.2 Å². The van der Waals surface area contributed by atoms with Gasteiger partial charge in [-0.1, -0.05) is 27.5 Å². The summed E-state index contributed by atoms with van der Waals surface area (Å²) in [5.74, 6) is 0. The molecular formula is C14H20BrClN2O3S. The molecule has 124 valence electrons. The Labute approximate surface area is 145 Å². The van der Waals surface area contributed by atoms with Crippen LogP contribution in [0.5, 0.6) is 0 Å². The Kier molecular flexibility index (Phi) is 6.67. The second-order valence-corrected chi connectivity index (χ2v) is 8.31. The zero-order valence-corrected chi connectivity index (χ0v) is 15.5. The van der Waals surface area contributed by atoms with Crippen LogP contribution in [0, 0.1) is 0 Å². The predicted octanol–water partition coefficient (Wildman–Crippen LogP) is 2.49. The Morgan fingerprint density at radius 2 is 2.27 bits per heavy atom. The Morgan fingerprint density at radius 1 is 1.50 bits per heavy atom. The van der Waals surface area contributed by atoms with Gasteiger partial charge in [0.25, 0.3) is 0 Å². The second kappa shape index (κ2) is 8.08. The molecule has 0 radical (unpaired) electrons. The van der Waals surface area contributed by atoms with Crippen molar-refractivity contribution in [1.29, 1.82) is 0 Å². The highest BCUT2D eigenvalue weighted by Gasteiger charge is 2.26. The quantitative estimate of drug-likeness (QED) is 0.749. The molecular weight excluding hydrogens is 392 g/mol. The van der Waals surface area contributed by atoms with Crippen molar-refractivity contribution in [3.63, 3.8) is 0 Å². The first-order valence-corrected chi connectivity index (χ1v) is 9.77. The van der Waals surface area contributed by atoms with Gasteiger partial charge in [0.05, 0.1) is 11.6 Å². The first kappa shape index (κ1) is 18.2. The summed E-state index contributed by atoms with van der Waals surface area (Å²) in [5, 5.41) is 0.213. The lowest BCUT2D eigenvalue weighted by molar-refractivity contribution is 0.141. The van der Waals surface area contributed by atoms with Crippen LogP contribution in [0.15, 0.2) is 27.6 Å². The van der Waals surface area contributed by atoms with Crippen LogP contribution in [0.4, 0.5) is 0 Å². The largest absolute Gasteiger partial charge is 0.383 e. The van der Waals surface area contributed by atoms with Gasteiger partial charge in [0.1, 0.15) is 4.90 Å². The number of hydrogen-bond donors (Lipinski definition) is 1. The van der Waals surface area contributed by atoms with E-state index in [9.17, 15) is 8.42 Å². The van der Waals surface area contributed by atoms with Crippen molar-refractivity contribution in [2.45, 2.75) is 23.8 Å². The number of rotatable bonds is 7. The van der Waals surface area contributed by atoms with Crippen LogP contribution in [0.3, 0.4) is 0 Å². The Hall–Kier alpha value is -0.180. The third kappa shape index (κ3) is 4.66. The van der Waals surface area contributed by atoms with Gasteiger partial charge in [-0.05, 0) is 37.6 Å². The van der Waals surface area contributed by atoms with Crippen molar-refractivity contribution in [3.8, 4) is 0 Å². The van der Waals surface area contributed by atoms with Gasteiger partial charge in [-0.25, -0.2) is 13.1 Å². The third-order valence-corrected chi connectivity index (χ3v) is 6.17. The second-order valence-electron chi connectivity index (χ2n) is 5.25. The van der Waals surface area contributed by atoms with Crippen molar-refractivity contribution in [1.82, 2.24) is 9.62 Å². The van der Waals surface area contributed by atoms with E-state index in [4.69, 9.17) is 16.3 Å². The Bertz CT molecular complexity index is 612. The number of nitrogens with zero attached hydrogens (tertiary/aromatic N) is 1. The summed E-state index contributed by atoms with van der Waals surface area (Å²) < 4.78 is 33.3. The summed E-state index contributed by atoms with van der Waals surface area (Å²) in [6.45, 7) is 2.84. The zero-order valence-electron chi connectivity index (χ0n) is 12.4. The maximum atomic E-state index is 12.4.